The van der Waals surface area contributed by atoms with E-state index in [-0.39, 0.29) is 16.7 Å². The lowest BCUT2D eigenvalue weighted by molar-refractivity contribution is 0.0697. The van der Waals surface area contributed by atoms with Crippen LogP contribution in [0.25, 0.3) is 0 Å². The molecule has 128 valence electrons. The second-order valence-corrected chi connectivity index (χ2v) is 6.29. The van der Waals surface area contributed by atoms with E-state index < -0.39 is 11.9 Å². The summed E-state index contributed by atoms with van der Waals surface area (Å²) >= 11 is 0. The Morgan fingerprint density at radius 2 is 1.84 bits per heavy atom. The average molecular weight is 339 g/mol. The van der Waals surface area contributed by atoms with E-state index in [0.29, 0.717) is 23.8 Å². The molecular formula is C19H17NO5. The van der Waals surface area contributed by atoms with Gasteiger partial charge in [0.25, 0.3) is 0 Å². The number of carboxylic acids is 1. The number of ether oxygens (including phenoxy) is 2. The second kappa shape index (κ2) is 6.39. The molecule has 1 aliphatic heterocycles. The fraction of sp³-hybridized carbons (Fsp3) is 0.211. The Labute approximate surface area is 144 Å². The molecule has 0 saturated carbocycles. The van der Waals surface area contributed by atoms with Crippen molar-refractivity contribution in [2.24, 2.45) is 4.99 Å². The van der Waals surface area contributed by atoms with Crippen LogP contribution < -0.4 is 4.74 Å². The van der Waals surface area contributed by atoms with Gasteiger partial charge in [0.05, 0.1) is 22.2 Å². The van der Waals surface area contributed by atoms with Gasteiger partial charge >= 0.3 is 11.9 Å². The molecule has 2 aromatic rings. The molecule has 2 aromatic carbocycles. The molecule has 0 aliphatic carbocycles. The number of rotatable bonds is 4. The molecule has 0 radical (unpaired) electrons. The van der Waals surface area contributed by atoms with Crippen LogP contribution in [0.3, 0.4) is 0 Å². The number of aromatic carboxylic acids is 1. The first-order chi connectivity index (χ1) is 11.9. The summed E-state index contributed by atoms with van der Waals surface area (Å²) in [6.07, 6.45) is 0. The van der Waals surface area contributed by atoms with E-state index in [2.05, 4.69) is 4.99 Å². The summed E-state index contributed by atoms with van der Waals surface area (Å²) in [6.45, 7) is 4.35. The fourth-order valence-electron chi connectivity index (χ4n) is 2.39. The van der Waals surface area contributed by atoms with Crippen LogP contribution in [0, 0.1) is 0 Å². The van der Waals surface area contributed by atoms with Crippen molar-refractivity contribution in [1.29, 1.82) is 0 Å². The number of hydrogen-bond donors (Lipinski definition) is 1. The summed E-state index contributed by atoms with van der Waals surface area (Å²) in [5, 5.41) is 9.03. The van der Waals surface area contributed by atoms with Crippen molar-refractivity contribution in [3.05, 3.63) is 65.2 Å². The van der Waals surface area contributed by atoms with Gasteiger partial charge in [-0.25, -0.2) is 14.6 Å². The van der Waals surface area contributed by atoms with Gasteiger partial charge in [-0.1, -0.05) is 18.2 Å². The van der Waals surface area contributed by atoms with E-state index in [9.17, 15) is 9.59 Å². The average Bonchev–Trinajstić information content (AvgIpc) is 2.95. The van der Waals surface area contributed by atoms with Crippen LogP contribution in [-0.2, 0) is 4.74 Å². The maximum absolute atomic E-state index is 12.4. The van der Waals surface area contributed by atoms with Crippen molar-refractivity contribution in [2.45, 2.75) is 19.4 Å². The van der Waals surface area contributed by atoms with Crippen LogP contribution in [0.2, 0.25) is 0 Å². The SMILES string of the molecule is CC1(C)COC(c2ccccc2OC(=O)c2cccc(C(=O)O)c2)=N1. The molecule has 1 N–H and O–H groups in total. The zero-order valence-electron chi connectivity index (χ0n) is 13.9. The van der Waals surface area contributed by atoms with Gasteiger partial charge < -0.3 is 14.6 Å². The van der Waals surface area contributed by atoms with Gasteiger partial charge in [-0.2, -0.15) is 0 Å². The summed E-state index contributed by atoms with van der Waals surface area (Å²) < 4.78 is 11.1. The largest absolute Gasteiger partial charge is 0.478 e. The first-order valence-corrected chi connectivity index (χ1v) is 7.73. The number of carbonyl (C=O) groups is 2. The minimum absolute atomic E-state index is 0.0213. The standard InChI is InChI=1S/C19H17NO5/c1-19(2)11-24-16(20-19)14-8-3-4-9-15(14)25-18(23)13-7-5-6-12(10-13)17(21)22/h3-10H,11H2,1-2H3,(H,21,22). The maximum Gasteiger partial charge on any atom is 0.343 e. The van der Waals surface area contributed by atoms with E-state index in [1.807, 2.05) is 13.8 Å². The Balaban J connectivity index is 1.88. The third kappa shape index (κ3) is 3.68. The first-order valence-electron chi connectivity index (χ1n) is 7.73. The highest BCUT2D eigenvalue weighted by Crippen LogP contribution is 2.27. The van der Waals surface area contributed by atoms with Gasteiger partial charge in [0.1, 0.15) is 12.4 Å². The number of carbonyl (C=O) groups excluding carboxylic acids is 1. The highest BCUT2D eigenvalue weighted by atomic mass is 16.5. The minimum Gasteiger partial charge on any atom is -0.478 e. The number of aliphatic imine (C=N–C) groups is 1. The van der Waals surface area contributed by atoms with Crippen molar-refractivity contribution < 1.29 is 24.2 Å². The predicted molar refractivity (Wildman–Crippen MR) is 91.4 cm³/mol. The topological polar surface area (TPSA) is 85.2 Å². The van der Waals surface area contributed by atoms with Gasteiger partial charge in [-0.15, -0.1) is 0 Å². The van der Waals surface area contributed by atoms with Crippen LogP contribution in [0.4, 0.5) is 0 Å². The van der Waals surface area contributed by atoms with Gasteiger partial charge in [-0.3, -0.25) is 0 Å². The third-order valence-corrected chi connectivity index (χ3v) is 3.63. The van der Waals surface area contributed by atoms with Crippen LogP contribution in [0.15, 0.2) is 53.5 Å². The summed E-state index contributed by atoms with van der Waals surface area (Å²) in [5.74, 6) is -1.02. The summed E-state index contributed by atoms with van der Waals surface area (Å²) in [7, 11) is 0. The quantitative estimate of drug-likeness (QED) is 0.683. The van der Waals surface area contributed by atoms with Gasteiger partial charge in [-0.05, 0) is 44.2 Å². The minimum atomic E-state index is -1.11. The normalized spacial score (nSPS) is 15.2. The molecule has 25 heavy (non-hydrogen) atoms. The van der Waals surface area contributed by atoms with Crippen LogP contribution in [-0.4, -0.2) is 35.1 Å². The molecule has 6 nitrogen and oxygen atoms in total. The highest BCUT2D eigenvalue weighted by Gasteiger charge is 2.29. The third-order valence-electron chi connectivity index (χ3n) is 3.63. The Bertz CT molecular complexity index is 870. The molecular weight excluding hydrogens is 322 g/mol. The molecule has 6 heteroatoms. The summed E-state index contributed by atoms with van der Waals surface area (Å²) in [6, 6.07) is 12.6. The number of hydrogen-bond acceptors (Lipinski definition) is 5. The molecule has 1 heterocycles. The highest BCUT2D eigenvalue weighted by molar-refractivity contribution is 6.00. The zero-order valence-corrected chi connectivity index (χ0v) is 13.9. The van der Waals surface area contributed by atoms with Gasteiger partial charge in [0.2, 0.25) is 5.90 Å². The molecule has 0 spiro atoms. The van der Waals surface area contributed by atoms with E-state index in [1.165, 1.54) is 24.3 Å². The number of esters is 1. The predicted octanol–water partition coefficient (Wildman–Crippen LogP) is 3.16. The van der Waals surface area contributed by atoms with Gasteiger partial charge in [0.15, 0.2) is 0 Å². The zero-order chi connectivity index (χ0) is 18.0. The monoisotopic (exact) mass is 339 g/mol. The molecule has 0 atom stereocenters. The number of carboxylic acid groups (broad SMARTS) is 1. The lowest BCUT2D eigenvalue weighted by Crippen LogP contribution is -2.17. The molecule has 0 amide bonds. The lowest BCUT2D eigenvalue weighted by atomic mass is 10.1. The van der Waals surface area contributed by atoms with Crippen LogP contribution in [0.1, 0.15) is 40.1 Å². The van der Waals surface area contributed by atoms with E-state index in [0.717, 1.165) is 0 Å². The van der Waals surface area contributed by atoms with E-state index in [4.69, 9.17) is 14.6 Å². The van der Waals surface area contributed by atoms with Crippen molar-refractivity contribution in [1.82, 2.24) is 0 Å². The number of nitrogens with zero attached hydrogens (tertiary/aromatic N) is 1. The van der Waals surface area contributed by atoms with Gasteiger partial charge in [0, 0.05) is 0 Å². The lowest BCUT2D eigenvalue weighted by Gasteiger charge is -2.10. The van der Waals surface area contributed by atoms with Crippen molar-refractivity contribution in [2.75, 3.05) is 6.61 Å². The molecule has 0 aromatic heterocycles. The van der Waals surface area contributed by atoms with Crippen LogP contribution in [0.5, 0.6) is 5.75 Å². The molecule has 3 rings (SSSR count). The smallest absolute Gasteiger partial charge is 0.343 e. The number of benzene rings is 2. The molecule has 0 fully saturated rings. The van der Waals surface area contributed by atoms with Crippen molar-refractivity contribution in [3.63, 3.8) is 0 Å². The Hall–Kier alpha value is -3.15. The summed E-state index contributed by atoms with van der Waals surface area (Å²) in [5.41, 5.74) is 0.426. The van der Waals surface area contributed by atoms with Crippen molar-refractivity contribution >= 4 is 17.8 Å². The molecule has 0 unspecified atom stereocenters. The first kappa shape index (κ1) is 16.7. The fourth-order valence-corrected chi connectivity index (χ4v) is 2.39. The Morgan fingerprint density at radius 3 is 2.52 bits per heavy atom. The maximum atomic E-state index is 12.4. The van der Waals surface area contributed by atoms with Crippen molar-refractivity contribution in [3.8, 4) is 5.75 Å². The van der Waals surface area contributed by atoms with E-state index >= 15 is 0 Å². The van der Waals surface area contributed by atoms with E-state index in [1.54, 1.807) is 24.3 Å². The molecule has 1 aliphatic rings. The molecule has 0 saturated heterocycles. The van der Waals surface area contributed by atoms with Crippen LogP contribution >= 0.6 is 0 Å². The Kier molecular flexibility index (Phi) is 4.27. The second-order valence-electron chi connectivity index (χ2n) is 6.29. The number of para-hydroxylation sites is 1. The Morgan fingerprint density at radius 1 is 1.12 bits per heavy atom. The molecule has 0 bridgehead atoms. The summed E-state index contributed by atoms with van der Waals surface area (Å²) in [4.78, 5) is 27.9.